The number of amides is 1. The Labute approximate surface area is 91.2 Å². The maximum atomic E-state index is 11.5. The first-order valence-corrected chi connectivity index (χ1v) is 4.79. The van der Waals surface area contributed by atoms with Crippen LogP contribution in [-0.4, -0.2) is 34.5 Å². The number of aromatic nitrogens is 2. The number of carbonyl (C=O) groups excluding carboxylic acids is 2. The Bertz CT molecular complexity index is 434. The first kappa shape index (κ1) is 12.0. The molecule has 1 aromatic heterocycles. The van der Waals surface area contributed by atoms with Gasteiger partial charge in [0.25, 0.3) is 5.91 Å². The second kappa shape index (κ2) is 5.15. The van der Waals surface area contributed by atoms with Crippen LogP contribution in [-0.2, 0) is 9.53 Å². The highest BCUT2D eigenvalue weighted by Crippen LogP contribution is 1.92. The van der Waals surface area contributed by atoms with E-state index in [1.54, 1.807) is 6.92 Å². The smallest absolute Gasteiger partial charge is 0.328 e. The highest BCUT2D eigenvalue weighted by molar-refractivity contribution is 5.94. The molecular weight excluding hydrogens is 214 g/mol. The van der Waals surface area contributed by atoms with E-state index in [4.69, 9.17) is 4.74 Å². The van der Waals surface area contributed by atoms with Gasteiger partial charge in [0.1, 0.15) is 11.7 Å². The molecule has 1 amide bonds. The van der Waals surface area contributed by atoms with E-state index in [2.05, 4.69) is 15.3 Å². The minimum Gasteiger partial charge on any atom is -0.464 e. The number of aromatic amines is 2. The summed E-state index contributed by atoms with van der Waals surface area (Å²) in [6.45, 7) is 3.43. The first-order chi connectivity index (χ1) is 7.54. The van der Waals surface area contributed by atoms with Crippen molar-refractivity contribution in [2.45, 2.75) is 19.9 Å². The summed E-state index contributed by atoms with van der Waals surface area (Å²) in [5.74, 6) is -1.06. The quantitative estimate of drug-likeness (QED) is 0.596. The molecule has 1 aromatic rings. The molecule has 0 aliphatic rings. The van der Waals surface area contributed by atoms with Crippen LogP contribution < -0.4 is 11.0 Å². The molecule has 0 aliphatic heterocycles. The lowest BCUT2D eigenvalue weighted by Gasteiger charge is -2.11. The van der Waals surface area contributed by atoms with Crippen LogP contribution >= 0.6 is 0 Å². The molecule has 0 saturated carbocycles. The lowest BCUT2D eigenvalue weighted by Crippen LogP contribution is -2.39. The van der Waals surface area contributed by atoms with E-state index in [9.17, 15) is 14.4 Å². The van der Waals surface area contributed by atoms with Gasteiger partial charge in [-0.3, -0.25) is 4.79 Å². The van der Waals surface area contributed by atoms with Gasteiger partial charge in [0.2, 0.25) is 0 Å². The molecule has 1 atom stereocenters. The van der Waals surface area contributed by atoms with Crippen molar-refractivity contribution in [1.82, 2.24) is 15.3 Å². The number of H-pyrrole nitrogens is 2. The fraction of sp³-hybridized carbons (Fsp3) is 0.444. The second-order valence-electron chi connectivity index (χ2n) is 3.10. The third-order valence-corrected chi connectivity index (χ3v) is 1.83. The predicted octanol–water partition coefficient (Wildman–Crippen LogP) is -0.616. The summed E-state index contributed by atoms with van der Waals surface area (Å²) in [5, 5.41) is 2.39. The van der Waals surface area contributed by atoms with Gasteiger partial charge in [0.05, 0.1) is 6.61 Å². The van der Waals surface area contributed by atoms with E-state index in [0.29, 0.717) is 0 Å². The van der Waals surface area contributed by atoms with E-state index in [0.717, 1.165) is 0 Å². The summed E-state index contributed by atoms with van der Waals surface area (Å²) in [6, 6.07) is -0.758. The van der Waals surface area contributed by atoms with E-state index < -0.39 is 23.6 Å². The number of hydrogen-bond donors (Lipinski definition) is 3. The minimum absolute atomic E-state index is 0.0705. The lowest BCUT2D eigenvalue weighted by molar-refractivity contribution is -0.144. The second-order valence-corrected chi connectivity index (χ2v) is 3.10. The number of carbonyl (C=O) groups is 2. The van der Waals surface area contributed by atoms with Crippen LogP contribution in [0, 0.1) is 0 Å². The predicted molar refractivity (Wildman–Crippen MR) is 55.0 cm³/mol. The van der Waals surface area contributed by atoms with Crippen molar-refractivity contribution in [1.29, 1.82) is 0 Å². The normalized spacial score (nSPS) is 11.9. The minimum atomic E-state index is -0.758. The Balaban J connectivity index is 2.58. The van der Waals surface area contributed by atoms with Crippen LogP contribution in [0.4, 0.5) is 0 Å². The average molecular weight is 227 g/mol. The molecule has 16 heavy (non-hydrogen) atoms. The van der Waals surface area contributed by atoms with Crippen LogP contribution in [0.5, 0.6) is 0 Å². The third-order valence-electron chi connectivity index (χ3n) is 1.83. The number of esters is 1. The van der Waals surface area contributed by atoms with Gasteiger partial charge in [0.15, 0.2) is 0 Å². The van der Waals surface area contributed by atoms with Gasteiger partial charge in [0, 0.05) is 6.20 Å². The number of ether oxygens (including phenoxy) is 1. The van der Waals surface area contributed by atoms with Gasteiger partial charge in [-0.2, -0.15) is 0 Å². The van der Waals surface area contributed by atoms with E-state index in [-0.39, 0.29) is 12.3 Å². The van der Waals surface area contributed by atoms with Gasteiger partial charge in [-0.1, -0.05) is 0 Å². The summed E-state index contributed by atoms with van der Waals surface area (Å²) in [4.78, 5) is 38.0. The standard InChI is InChI=1S/C9H13N3O4/c1-3-16-8(14)5(2)11-7(13)6-4-10-9(15)12-6/h4-5H,3H2,1-2H3,(H,11,13)(H2,10,12,15). The number of imidazole rings is 1. The zero-order chi connectivity index (χ0) is 12.1. The molecule has 1 heterocycles. The van der Waals surface area contributed by atoms with Crippen LogP contribution in [0.1, 0.15) is 24.3 Å². The van der Waals surface area contributed by atoms with Crippen LogP contribution in [0.2, 0.25) is 0 Å². The molecule has 0 aromatic carbocycles. The van der Waals surface area contributed by atoms with Crippen LogP contribution in [0.3, 0.4) is 0 Å². The summed E-state index contributed by atoms with van der Waals surface area (Å²) >= 11 is 0. The molecular formula is C9H13N3O4. The molecule has 1 rings (SSSR count). The van der Waals surface area contributed by atoms with Crippen molar-refractivity contribution in [3.63, 3.8) is 0 Å². The van der Waals surface area contributed by atoms with Crippen molar-refractivity contribution in [3.05, 3.63) is 22.4 Å². The Morgan fingerprint density at radius 2 is 2.25 bits per heavy atom. The maximum Gasteiger partial charge on any atom is 0.328 e. The zero-order valence-electron chi connectivity index (χ0n) is 8.99. The summed E-state index contributed by atoms with van der Waals surface area (Å²) in [5.41, 5.74) is -0.407. The van der Waals surface area contributed by atoms with Crippen molar-refractivity contribution in [2.75, 3.05) is 6.61 Å². The third kappa shape index (κ3) is 2.97. The van der Waals surface area contributed by atoms with E-state index >= 15 is 0 Å². The number of rotatable bonds is 4. The van der Waals surface area contributed by atoms with Crippen molar-refractivity contribution in [3.8, 4) is 0 Å². The van der Waals surface area contributed by atoms with Crippen molar-refractivity contribution in [2.24, 2.45) is 0 Å². The summed E-state index contributed by atoms with van der Waals surface area (Å²) < 4.78 is 4.71. The molecule has 88 valence electrons. The Morgan fingerprint density at radius 3 is 2.75 bits per heavy atom. The van der Waals surface area contributed by atoms with E-state index in [1.807, 2.05) is 0 Å². The summed E-state index contributed by atoms with van der Waals surface area (Å²) in [6.07, 6.45) is 1.23. The van der Waals surface area contributed by atoms with Crippen molar-refractivity contribution < 1.29 is 14.3 Å². The monoisotopic (exact) mass is 227 g/mol. The van der Waals surface area contributed by atoms with E-state index in [1.165, 1.54) is 13.1 Å². The lowest BCUT2D eigenvalue weighted by atomic mass is 10.3. The topological polar surface area (TPSA) is 104 Å². The van der Waals surface area contributed by atoms with Gasteiger partial charge >= 0.3 is 11.7 Å². The van der Waals surface area contributed by atoms with Gasteiger partial charge in [-0.25, -0.2) is 9.59 Å². The molecule has 0 fully saturated rings. The molecule has 7 heteroatoms. The van der Waals surface area contributed by atoms with Gasteiger partial charge in [-0.05, 0) is 13.8 Å². The van der Waals surface area contributed by atoms with Crippen LogP contribution in [0.15, 0.2) is 11.0 Å². The average Bonchev–Trinajstić information content (AvgIpc) is 2.65. The fourth-order valence-corrected chi connectivity index (χ4v) is 1.06. The maximum absolute atomic E-state index is 11.5. The highest BCUT2D eigenvalue weighted by Gasteiger charge is 2.18. The number of hydrogen-bond acceptors (Lipinski definition) is 4. The molecule has 7 nitrogen and oxygen atoms in total. The summed E-state index contributed by atoms with van der Waals surface area (Å²) in [7, 11) is 0. The Kier molecular flexibility index (Phi) is 3.87. The van der Waals surface area contributed by atoms with Crippen molar-refractivity contribution >= 4 is 11.9 Å². The Hall–Kier alpha value is -2.05. The van der Waals surface area contributed by atoms with Crippen LogP contribution in [0.25, 0.3) is 0 Å². The van der Waals surface area contributed by atoms with Gasteiger partial charge < -0.3 is 20.0 Å². The zero-order valence-corrected chi connectivity index (χ0v) is 8.99. The molecule has 0 spiro atoms. The largest absolute Gasteiger partial charge is 0.464 e. The molecule has 0 bridgehead atoms. The highest BCUT2D eigenvalue weighted by atomic mass is 16.5. The molecule has 0 radical (unpaired) electrons. The number of nitrogens with one attached hydrogen (secondary N) is 3. The Morgan fingerprint density at radius 1 is 1.56 bits per heavy atom. The molecule has 0 saturated heterocycles. The molecule has 1 unspecified atom stereocenters. The molecule has 0 aliphatic carbocycles. The first-order valence-electron chi connectivity index (χ1n) is 4.79. The fourth-order valence-electron chi connectivity index (χ4n) is 1.06. The molecule has 3 N–H and O–H groups in total. The van der Waals surface area contributed by atoms with Gasteiger partial charge in [-0.15, -0.1) is 0 Å². The SMILES string of the molecule is CCOC(=O)C(C)NC(=O)c1c[nH]c(=O)[nH]1.